The summed E-state index contributed by atoms with van der Waals surface area (Å²) in [5, 5.41) is 48.1. The Balaban J connectivity index is 0.997. The summed E-state index contributed by atoms with van der Waals surface area (Å²) < 4.78 is 149. The predicted octanol–water partition coefficient (Wildman–Crippen LogP) is 13.3. The second-order valence-electron chi connectivity index (χ2n) is 17.2. The van der Waals surface area contributed by atoms with Crippen LogP contribution < -0.4 is 14.8 Å². The Hall–Kier alpha value is -8.48. The van der Waals surface area contributed by atoms with E-state index >= 15 is 0 Å². The minimum atomic E-state index is -5.17. The number of aromatic hydroxyl groups is 1. The number of anilines is 2. The van der Waals surface area contributed by atoms with Gasteiger partial charge in [-0.05, 0) is 170 Å². The number of nitrogens with zero attached hydrogens (tertiary/aromatic N) is 8. The molecule has 6 N–H and O–H groups in total. The van der Waals surface area contributed by atoms with Gasteiger partial charge in [-0.1, -0.05) is 0 Å². The lowest BCUT2D eigenvalue weighted by molar-refractivity contribution is 0.415. The van der Waals surface area contributed by atoms with Crippen LogP contribution in [0.1, 0.15) is 22.3 Å². The average molecular weight is 1140 g/mol. The highest BCUT2D eigenvalue weighted by Crippen LogP contribution is 2.44. The lowest BCUT2D eigenvalue weighted by Gasteiger charge is -2.12. The van der Waals surface area contributed by atoms with Crippen LogP contribution in [0.25, 0.3) is 21.5 Å². The van der Waals surface area contributed by atoms with Crippen molar-refractivity contribution in [2.24, 2.45) is 40.9 Å². The second kappa shape index (κ2) is 21.5. The smallest absolute Gasteiger partial charge is 0.296 e. The third kappa shape index (κ3) is 12.4. The van der Waals surface area contributed by atoms with E-state index < -0.39 is 88.0 Å². The molecule has 0 unspecified atom stereocenters. The molecule has 0 atom stereocenters. The standard InChI is InChI=1S/C50H43N9O15S4/c1-26-15-34(52-54-40-16-28(3)41(17-27(40)2)56-59-49-48(78(70,71)72)22-30-19-33(9-13-37(30)50(49)60)51-32-7-11-35(73-5)12-8-32)10-14-39(26)53-57-43-18-29(4)42(25-45(43)74-6)55-58-44-24-38-31(21-47(44)77(67,68)69)20-36(75(61,62)63)23-46(38)76(64,65)66/h7-25,51,60H,1-6H3,(H,61,62,63)(H,64,65,66)(H,67,68,69)(H,70,71,72). The molecule has 78 heavy (non-hydrogen) atoms. The molecule has 8 aromatic rings. The lowest BCUT2D eigenvalue weighted by Crippen LogP contribution is -2.05. The summed E-state index contributed by atoms with van der Waals surface area (Å²) >= 11 is 0. The highest BCUT2D eigenvalue weighted by atomic mass is 32.2. The van der Waals surface area contributed by atoms with Crippen molar-refractivity contribution in [3.8, 4) is 17.2 Å². The van der Waals surface area contributed by atoms with Gasteiger partial charge in [-0.3, -0.25) is 18.2 Å². The maximum Gasteiger partial charge on any atom is 0.296 e. The summed E-state index contributed by atoms with van der Waals surface area (Å²) in [4.78, 5) is -3.56. The molecule has 0 heterocycles. The molecule has 0 aromatic heterocycles. The molecule has 0 saturated carbocycles. The molecule has 0 radical (unpaired) electrons. The van der Waals surface area contributed by atoms with Gasteiger partial charge in [0.2, 0.25) is 0 Å². The summed E-state index contributed by atoms with van der Waals surface area (Å²) in [5.41, 5.74) is 4.55. The van der Waals surface area contributed by atoms with Crippen LogP contribution >= 0.6 is 0 Å². The van der Waals surface area contributed by atoms with Crippen LogP contribution in [0.4, 0.5) is 56.9 Å². The van der Waals surface area contributed by atoms with Gasteiger partial charge in [-0.25, -0.2) is 0 Å². The van der Waals surface area contributed by atoms with Crippen molar-refractivity contribution in [1.82, 2.24) is 0 Å². The highest BCUT2D eigenvalue weighted by Gasteiger charge is 2.26. The molecule has 8 aromatic carbocycles. The van der Waals surface area contributed by atoms with Gasteiger partial charge in [0.1, 0.15) is 43.2 Å². The molecule has 0 aliphatic rings. The number of rotatable bonds is 16. The number of fused-ring (bicyclic) bond motifs is 2. The summed E-state index contributed by atoms with van der Waals surface area (Å²) in [5.74, 6) is 0.297. The Bertz CT molecular complexity index is 4380. The molecule has 28 heteroatoms. The van der Waals surface area contributed by atoms with Gasteiger partial charge in [0.05, 0.1) is 47.6 Å². The second-order valence-corrected chi connectivity index (χ2v) is 22.8. The van der Waals surface area contributed by atoms with Crippen LogP contribution in [0.2, 0.25) is 0 Å². The van der Waals surface area contributed by atoms with Gasteiger partial charge in [0.15, 0.2) is 5.75 Å². The molecule has 0 amide bonds. The van der Waals surface area contributed by atoms with E-state index in [0.717, 1.165) is 17.8 Å². The summed E-state index contributed by atoms with van der Waals surface area (Å²) in [6.07, 6.45) is 0. The first-order valence-corrected chi connectivity index (χ1v) is 28.2. The largest absolute Gasteiger partial charge is 0.505 e. The van der Waals surface area contributed by atoms with E-state index in [9.17, 15) is 57.0 Å². The van der Waals surface area contributed by atoms with Crippen molar-refractivity contribution in [2.75, 3.05) is 19.5 Å². The minimum absolute atomic E-state index is 0.101. The Kier molecular flexibility index (Phi) is 15.4. The Morgan fingerprint density at radius 2 is 0.923 bits per heavy atom. The molecule has 8 rings (SSSR count). The number of benzene rings is 8. The highest BCUT2D eigenvalue weighted by molar-refractivity contribution is 7.87. The number of aryl methyl sites for hydroxylation is 4. The maximum absolute atomic E-state index is 12.6. The van der Waals surface area contributed by atoms with E-state index in [1.807, 2.05) is 0 Å². The monoisotopic (exact) mass is 1140 g/mol. The van der Waals surface area contributed by atoms with Crippen LogP contribution in [0.3, 0.4) is 0 Å². The average Bonchev–Trinajstić information content (AvgIpc) is 3.51. The lowest BCUT2D eigenvalue weighted by atomic mass is 10.1. The van der Waals surface area contributed by atoms with Crippen molar-refractivity contribution in [3.05, 3.63) is 138 Å². The molecule has 24 nitrogen and oxygen atoms in total. The molecule has 0 aliphatic carbocycles. The van der Waals surface area contributed by atoms with Crippen LogP contribution in [-0.4, -0.2) is 71.2 Å². The first kappa shape index (κ1) is 55.7. The van der Waals surface area contributed by atoms with Gasteiger partial charge < -0.3 is 19.9 Å². The van der Waals surface area contributed by atoms with Gasteiger partial charge in [-0.2, -0.15) is 59.2 Å². The first-order valence-electron chi connectivity index (χ1n) is 22.4. The van der Waals surface area contributed by atoms with Gasteiger partial charge >= 0.3 is 0 Å². The Morgan fingerprint density at radius 1 is 0.410 bits per heavy atom. The minimum Gasteiger partial charge on any atom is -0.505 e. The fourth-order valence-corrected chi connectivity index (χ4v) is 10.4. The Morgan fingerprint density at radius 3 is 1.51 bits per heavy atom. The number of nitrogens with one attached hydrogen (secondary N) is 1. The van der Waals surface area contributed by atoms with Crippen LogP contribution in [0.15, 0.2) is 176 Å². The van der Waals surface area contributed by atoms with E-state index in [2.05, 4.69) is 46.2 Å². The van der Waals surface area contributed by atoms with Crippen molar-refractivity contribution >= 4 is 119 Å². The van der Waals surface area contributed by atoms with E-state index in [0.29, 0.717) is 74.0 Å². The maximum atomic E-state index is 12.6. The Labute approximate surface area is 445 Å². The van der Waals surface area contributed by atoms with E-state index in [1.165, 1.54) is 25.3 Å². The molecular weight excluding hydrogens is 1090 g/mol. The van der Waals surface area contributed by atoms with Crippen molar-refractivity contribution in [2.45, 2.75) is 47.3 Å². The third-order valence-corrected chi connectivity index (χ3v) is 15.3. The molecule has 402 valence electrons. The van der Waals surface area contributed by atoms with Crippen LogP contribution in [0.5, 0.6) is 17.2 Å². The number of hydrogen-bond acceptors (Lipinski definition) is 20. The summed E-state index contributed by atoms with van der Waals surface area (Å²) in [6.45, 7) is 6.86. The van der Waals surface area contributed by atoms with Gasteiger partial charge in [0, 0.05) is 28.2 Å². The third-order valence-electron chi connectivity index (χ3n) is 11.8. The molecular formula is C50H43N9O15S4. The number of phenolic OH excluding ortho intramolecular Hbond substituents is 1. The first-order chi connectivity index (χ1) is 36.6. The van der Waals surface area contributed by atoms with E-state index in [1.54, 1.807) is 108 Å². The van der Waals surface area contributed by atoms with Crippen molar-refractivity contribution < 1.29 is 66.5 Å². The van der Waals surface area contributed by atoms with E-state index in [4.69, 9.17) is 9.47 Å². The quantitative estimate of drug-likeness (QED) is 0.0387. The predicted molar refractivity (Wildman–Crippen MR) is 287 cm³/mol. The van der Waals surface area contributed by atoms with Crippen LogP contribution in [-0.2, 0) is 40.5 Å². The SMILES string of the molecule is COc1ccc(Nc2ccc3c(O)c(N=Nc4cc(C)c(N=Nc5ccc(N=Nc6cc(C)c(N=Nc7cc8c(S(=O)(=O)O)cc(S(=O)(=O)O)cc8cc7S(=O)(=O)O)cc6OC)c(C)c5)cc4C)c(S(=O)(=O)O)cc3c2)cc1. The number of azo groups is 4. The number of methoxy groups -OCH3 is 2. The van der Waals surface area contributed by atoms with E-state index in [-0.39, 0.29) is 22.5 Å². The molecule has 0 bridgehead atoms. The number of ether oxygens (including phenoxy) is 2. The number of phenols is 1. The van der Waals surface area contributed by atoms with Gasteiger partial charge in [0.25, 0.3) is 40.5 Å². The molecule has 0 aliphatic heterocycles. The zero-order valence-electron chi connectivity index (χ0n) is 41.5. The van der Waals surface area contributed by atoms with Crippen LogP contribution in [0, 0.1) is 27.7 Å². The summed E-state index contributed by atoms with van der Waals surface area (Å²) in [6, 6.07) is 27.3. The zero-order chi connectivity index (χ0) is 56.6. The fraction of sp³-hybridized carbons (Fsp3) is 0.120. The fourth-order valence-electron chi connectivity index (χ4n) is 7.79. The summed E-state index contributed by atoms with van der Waals surface area (Å²) in [7, 11) is -17.3. The normalized spacial score (nSPS) is 12.7. The topological polar surface area (TPSA) is 367 Å². The zero-order valence-corrected chi connectivity index (χ0v) is 44.8. The van der Waals surface area contributed by atoms with Gasteiger partial charge in [-0.15, -0.1) is 15.3 Å². The van der Waals surface area contributed by atoms with Crippen molar-refractivity contribution in [1.29, 1.82) is 0 Å². The molecule has 0 saturated heterocycles. The molecule has 0 fully saturated rings. The molecule has 0 spiro atoms. The number of hydrogen-bond donors (Lipinski definition) is 6. The van der Waals surface area contributed by atoms with Crippen molar-refractivity contribution in [3.63, 3.8) is 0 Å².